The summed E-state index contributed by atoms with van der Waals surface area (Å²) in [5.74, 6) is 1.63. The summed E-state index contributed by atoms with van der Waals surface area (Å²) < 4.78 is 12.0. The van der Waals surface area contributed by atoms with Crippen molar-refractivity contribution in [3.63, 3.8) is 0 Å². The zero-order valence-electron chi connectivity index (χ0n) is 13.9. The lowest BCUT2D eigenvalue weighted by Gasteiger charge is -2.09. The van der Waals surface area contributed by atoms with Gasteiger partial charge in [0.25, 0.3) is 11.5 Å². The fourth-order valence-electron chi connectivity index (χ4n) is 2.62. The molecule has 134 valence electrons. The highest BCUT2D eigenvalue weighted by atomic mass is 32.2. The van der Waals surface area contributed by atoms with Gasteiger partial charge in [0.1, 0.15) is 10.6 Å². The molecule has 0 saturated carbocycles. The number of thiazole rings is 1. The van der Waals surface area contributed by atoms with Gasteiger partial charge in [-0.25, -0.2) is 4.98 Å². The van der Waals surface area contributed by atoms with Crippen LogP contribution in [0.15, 0.2) is 39.6 Å². The van der Waals surface area contributed by atoms with Crippen LogP contribution in [0, 0.1) is 0 Å². The lowest BCUT2D eigenvalue weighted by Crippen LogP contribution is -2.32. The maximum atomic E-state index is 12.7. The summed E-state index contributed by atoms with van der Waals surface area (Å²) in [4.78, 5) is 30.5. The van der Waals surface area contributed by atoms with Gasteiger partial charge in [0.05, 0.1) is 0 Å². The number of rotatable bonds is 5. The van der Waals surface area contributed by atoms with Gasteiger partial charge in [0, 0.05) is 18.1 Å². The molecule has 26 heavy (non-hydrogen) atoms. The zero-order chi connectivity index (χ0) is 18.1. The third kappa shape index (κ3) is 3.04. The van der Waals surface area contributed by atoms with E-state index >= 15 is 0 Å². The molecule has 2 aromatic heterocycles. The van der Waals surface area contributed by atoms with Crippen LogP contribution in [0.4, 0.5) is 0 Å². The number of hydrogen-bond donors (Lipinski definition) is 1. The van der Waals surface area contributed by atoms with Crippen molar-refractivity contribution in [1.29, 1.82) is 0 Å². The first-order valence-electron chi connectivity index (χ1n) is 7.96. The molecule has 3 heterocycles. The van der Waals surface area contributed by atoms with E-state index < -0.39 is 5.91 Å². The summed E-state index contributed by atoms with van der Waals surface area (Å²) in [5, 5.41) is 5.04. The monoisotopic (exact) mass is 389 g/mol. The second-order valence-corrected chi connectivity index (χ2v) is 7.58. The van der Waals surface area contributed by atoms with Crippen molar-refractivity contribution < 1.29 is 14.3 Å². The Morgan fingerprint density at radius 3 is 3.08 bits per heavy atom. The standard InChI is InChI=1S/C17H15N3O4S2/c1-2-25-15-13(16(22)20-5-6-26-17(20)19-15)14(21)18-8-10-3-4-11-12(7-10)24-9-23-11/h3-7H,2,8-9H2,1H3,(H,18,21). The van der Waals surface area contributed by atoms with Gasteiger partial charge in [-0.1, -0.05) is 13.0 Å². The molecule has 1 amide bonds. The number of amides is 1. The number of benzene rings is 1. The first-order chi connectivity index (χ1) is 12.7. The van der Waals surface area contributed by atoms with Gasteiger partial charge in [0.15, 0.2) is 16.5 Å². The average molecular weight is 389 g/mol. The van der Waals surface area contributed by atoms with E-state index in [0.717, 1.165) is 11.3 Å². The van der Waals surface area contributed by atoms with Crippen molar-refractivity contribution in [3.8, 4) is 11.5 Å². The molecule has 1 aliphatic heterocycles. The lowest BCUT2D eigenvalue weighted by molar-refractivity contribution is 0.0945. The molecule has 0 unspecified atom stereocenters. The summed E-state index contributed by atoms with van der Waals surface area (Å²) in [7, 11) is 0. The van der Waals surface area contributed by atoms with Crippen molar-refractivity contribution in [3.05, 3.63) is 51.3 Å². The third-order valence-electron chi connectivity index (χ3n) is 3.83. The van der Waals surface area contributed by atoms with E-state index in [0.29, 0.717) is 21.5 Å². The van der Waals surface area contributed by atoms with Crippen LogP contribution in [0.1, 0.15) is 22.8 Å². The van der Waals surface area contributed by atoms with E-state index in [1.807, 2.05) is 19.1 Å². The number of carbonyl (C=O) groups excluding carboxylic acids is 1. The molecule has 4 rings (SSSR count). The van der Waals surface area contributed by atoms with E-state index in [4.69, 9.17) is 9.47 Å². The molecule has 9 heteroatoms. The maximum Gasteiger partial charge on any atom is 0.272 e. The lowest BCUT2D eigenvalue weighted by atomic mass is 10.2. The number of aromatic nitrogens is 2. The van der Waals surface area contributed by atoms with Crippen molar-refractivity contribution in [2.24, 2.45) is 0 Å². The van der Waals surface area contributed by atoms with Crippen LogP contribution in [0.3, 0.4) is 0 Å². The second-order valence-electron chi connectivity index (χ2n) is 5.46. The van der Waals surface area contributed by atoms with E-state index in [-0.39, 0.29) is 24.5 Å². The van der Waals surface area contributed by atoms with Gasteiger partial charge in [-0.2, -0.15) is 0 Å². The molecular weight excluding hydrogens is 374 g/mol. The maximum absolute atomic E-state index is 12.7. The van der Waals surface area contributed by atoms with Gasteiger partial charge in [-0.05, 0) is 23.4 Å². The Morgan fingerprint density at radius 2 is 2.23 bits per heavy atom. The summed E-state index contributed by atoms with van der Waals surface area (Å²) >= 11 is 2.75. The summed E-state index contributed by atoms with van der Waals surface area (Å²) in [6.45, 7) is 2.43. The summed E-state index contributed by atoms with van der Waals surface area (Å²) in [6, 6.07) is 5.47. The van der Waals surface area contributed by atoms with Gasteiger partial charge in [0.2, 0.25) is 6.79 Å². The molecule has 0 aliphatic carbocycles. The first kappa shape index (κ1) is 16.9. The highest BCUT2D eigenvalue weighted by molar-refractivity contribution is 7.99. The van der Waals surface area contributed by atoms with Crippen LogP contribution in [0.5, 0.6) is 11.5 Å². The van der Waals surface area contributed by atoms with Crippen LogP contribution in [-0.2, 0) is 6.54 Å². The highest BCUT2D eigenvalue weighted by Gasteiger charge is 2.21. The minimum Gasteiger partial charge on any atom is -0.454 e. The van der Waals surface area contributed by atoms with E-state index in [9.17, 15) is 9.59 Å². The molecule has 0 fully saturated rings. The summed E-state index contributed by atoms with van der Waals surface area (Å²) in [6.07, 6.45) is 1.63. The largest absolute Gasteiger partial charge is 0.454 e. The Balaban J connectivity index is 1.60. The number of fused-ring (bicyclic) bond motifs is 2. The normalized spacial score (nSPS) is 12.5. The van der Waals surface area contributed by atoms with Gasteiger partial charge in [-0.15, -0.1) is 23.1 Å². The molecule has 1 aliphatic rings. The Hall–Kier alpha value is -2.52. The number of carbonyl (C=O) groups is 1. The number of ether oxygens (including phenoxy) is 2. The van der Waals surface area contributed by atoms with Gasteiger partial charge < -0.3 is 14.8 Å². The molecule has 0 atom stereocenters. The van der Waals surface area contributed by atoms with Crippen LogP contribution >= 0.6 is 23.1 Å². The predicted molar refractivity (Wildman–Crippen MR) is 99.5 cm³/mol. The van der Waals surface area contributed by atoms with Crippen molar-refractivity contribution in [2.45, 2.75) is 18.5 Å². The van der Waals surface area contributed by atoms with Crippen LogP contribution in [-0.4, -0.2) is 27.8 Å². The quantitative estimate of drug-likeness (QED) is 0.533. The molecule has 0 spiro atoms. The minimum absolute atomic E-state index is 0.0773. The Kier molecular flexibility index (Phi) is 4.56. The number of hydrogen-bond acceptors (Lipinski definition) is 7. The fraction of sp³-hybridized carbons (Fsp3) is 0.235. The molecule has 3 aromatic rings. The number of nitrogens with zero attached hydrogens (tertiary/aromatic N) is 2. The van der Waals surface area contributed by atoms with Crippen molar-refractivity contribution in [1.82, 2.24) is 14.7 Å². The molecular formula is C17H15N3O4S2. The smallest absolute Gasteiger partial charge is 0.272 e. The van der Waals surface area contributed by atoms with Crippen molar-refractivity contribution in [2.75, 3.05) is 12.5 Å². The molecule has 0 radical (unpaired) electrons. The Labute approximate surface area is 157 Å². The molecule has 0 saturated heterocycles. The van der Waals surface area contributed by atoms with Gasteiger partial charge in [-0.3, -0.25) is 14.0 Å². The SMILES string of the molecule is CCSc1nc2sccn2c(=O)c1C(=O)NCc1ccc2c(c1)OCO2. The Morgan fingerprint density at radius 1 is 1.38 bits per heavy atom. The third-order valence-corrected chi connectivity index (χ3v) is 5.45. The Bertz CT molecular complexity index is 1040. The fourth-order valence-corrected chi connectivity index (χ4v) is 4.13. The zero-order valence-corrected chi connectivity index (χ0v) is 15.5. The average Bonchev–Trinajstić information content (AvgIpc) is 3.28. The van der Waals surface area contributed by atoms with E-state index in [1.165, 1.54) is 27.5 Å². The first-order valence-corrected chi connectivity index (χ1v) is 9.83. The predicted octanol–water partition coefficient (Wildman–Crippen LogP) is 2.53. The van der Waals surface area contributed by atoms with Crippen LogP contribution < -0.4 is 20.3 Å². The molecule has 1 N–H and O–H groups in total. The topological polar surface area (TPSA) is 81.9 Å². The number of nitrogens with one attached hydrogen (secondary N) is 1. The number of thioether (sulfide) groups is 1. The van der Waals surface area contributed by atoms with Crippen molar-refractivity contribution >= 4 is 34.0 Å². The van der Waals surface area contributed by atoms with E-state index in [1.54, 1.807) is 17.6 Å². The molecule has 0 bridgehead atoms. The van der Waals surface area contributed by atoms with Crippen LogP contribution in [0.25, 0.3) is 4.96 Å². The molecule has 1 aromatic carbocycles. The summed E-state index contributed by atoms with van der Waals surface area (Å²) in [5.41, 5.74) is 0.584. The van der Waals surface area contributed by atoms with E-state index in [2.05, 4.69) is 10.3 Å². The molecule has 7 nitrogen and oxygen atoms in total. The van der Waals surface area contributed by atoms with Crippen LogP contribution in [0.2, 0.25) is 0 Å². The highest BCUT2D eigenvalue weighted by Crippen LogP contribution is 2.32. The van der Waals surface area contributed by atoms with Gasteiger partial charge >= 0.3 is 0 Å². The minimum atomic E-state index is -0.434. The second kappa shape index (κ2) is 7.00.